The Morgan fingerprint density at radius 1 is 1.33 bits per heavy atom. The highest BCUT2D eigenvalue weighted by molar-refractivity contribution is 6.16. The molecule has 0 bridgehead atoms. The number of aromatic nitrogens is 2. The second-order valence-corrected chi connectivity index (χ2v) is 3.60. The molecule has 0 amide bonds. The zero-order valence-electron chi connectivity index (χ0n) is 9.83. The fourth-order valence-electron chi connectivity index (χ4n) is 1.62. The fourth-order valence-corrected chi connectivity index (χ4v) is 1.62. The maximum Gasteiger partial charge on any atom is 0.341 e. The Kier molecular flexibility index (Phi) is 3.52. The van der Waals surface area contributed by atoms with Crippen LogP contribution in [0, 0.1) is 0 Å². The molecular weight excluding hydrogens is 232 g/mol. The molecule has 5 heteroatoms. The summed E-state index contributed by atoms with van der Waals surface area (Å²) >= 11 is 0. The maximum atomic E-state index is 11.6. The van der Waals surface area contributed by atoms with Crippen LogP contribution in [0.4, 0.5) is 0 Å². The molecule has 1 aromatic carbocycles. The molecular formula is C13H12N2O3. The van der Waals surface area contributed by atoms with Gasteiger partial charge in [0.05, 0.1) is 25.3 Å². The van der Waals surface area contributed by atoms with Crippen LogP contribution in [-0.2, 0) is 9.53 Å². The van der Waals surface area contributed by atoms with Crippen LogP contribution in [0.2, 0.25) is 0 Å². The van der Waals surface area contributed by atoms with Crippen molar-refractivity contribution in [1.82, 2.24) is 10.2 Å². The van der Waals surface area contributed by atoms with E-state index in [1.165, 1.54) is 0 Å². The van der Waals surface area contributed by atoms with Crippen molar-refractivity contribution < 1.29 is 14.6 Å². The van der Waals surface area contributed by atoms with Gasteiger partial charge in [0, 0.05) is 10.8 Å². The number of carbonyl (C=O) groups is 1. The van der Waals surface area contributed by atoms with E-state index < -0.39 is 5.97 Å². The molecule has 0 radical (unpaired) electrons. The molecule has 2 aromatic rings. The van der Waals surface area contributed by atoms with Gasteiger partial charge in [0.15, 0.2) is 0 Å². The van der Waals surface area contributed by atoms with Gasteiger partial charge in [-0.2, -0.15) is 10.2 Å². The van der Waals surface area contributed by atoms with Gasteiger partial charge in [-0.15, -0.1) is 0 Å². The van der Waals surface area contributed by atoms with E-state index in [9.17, 15) is 4.79 Å². The summed E-state index contributed by atoms with van der Waals surface area (Å²) in [4.78, 5) is 11.6. The average Bonchev–Trinajstić information content (AvgIpc) is 2.40. The predicted octanol–water partition coefficient (Wildman–Crippen LogP) is 2.09. The van der Waals surface area contributed by atoms with Crippen LogP contribution in [0.3, 0.4) is 0 Å². The summed E-state index contributed by atoms with van der Waals surface area (Å²) in [5, 5.41) is 18.4. The van der Waals surface area contributed by atoms with Crippen LogP contribution in [0.15, 0.2) is 36.9 Å². The zero-order chi connectivity index (χ0) is 13.0. The number of rotatable bonds is 3. The van der Waals surface area contributed by atoms with E-state index in [1.54, 1.807) is 31.5 Å². The zero-order valence-corrected chi connectivity index (χ0v) is 9.83. The van der Waals surface area contributed by atoms with Crippen molar-refractivity contribution >= 4 is 22.3 Å². The van der Waals surface area contributed by atoms with Crippen molar-refractivity contribution in [3.05, 3.63) is 42.4 Å². The number of aliphatic hydroxyl groups is 1. The first-order chi connectivity index (χ1) is 8.76. The van der Waals surface area contributed by atoms with Gasteiger partial charge in [-0.05, 0) is 18.6 Å². The Bertz CT molecular complexity index is 608. The van der Waals surface area contributed by atoms with Gasteiger partial charge >= 0.3 is 5.97 Å². The number of nitrogens with zero attached hydrogens (tertiary/aromatic N) is 2. The third kappa shape index (κ3) is 2.29. The minimum absolute atomic E-state index is 0.121. The molecule has 0 aliphatic rings. The lowest BCUT2D eigenvalue weighted by molar-refractivity contribution is -0.136. The van der Waals surface area contributed by atoms with Crippen molar-refractivity contribution in [3.8, 4) is 0 Å². The number of carbonyl (C=O) groups excluding carboxylic acids is 1. The lowest BCUT2D eigenvalue weighted by Crippen LogP contribution is -2.07. The summed E-state index contributed by atoms with van der Waals surface area (Å²) in [5.74, 6) is -0.554. The van der Waals surface area contributed by atoms with Crippen LogP contribution in [0.25, 0.3) is 16.3 Å². The van der Waals surface area contributed by atoms with E-state index in [-0.39, 0.29) is 12.2 Å². The third-order valence-corrected chi connectivity index (χ3v) is 2.48. The van der Waals surface area contributed by atoms with E-state index >= 15 is 0 Å². The summed E-state index contributed by atoms with van der Waals surface area (Å²) in [7, 11) is 0. The van der Waals surface area contributed by atoms with Crippen molar-refractivity contribution in [3.63, 3.8) is 0 Å². The fraction of sp³-hybridized carbons (Fsp3) is 0.154. The largest absolute Gasteiger partial charge is 0.515 e. The van der Waals surface area contributed by atoms with Gasteiger partial charge in [-0.1, -0.05) is 12.1 Å². The van der Waals surface area contributed by atoms with Gasteiger partial charge in [0.1, 0.15) is 5.57 Å². The summed E-state index contributed by atoms with van der Waals surface area (Å²) in [6.45, 7) is 1.97. The first-order valence-corrected chi connectivity index (χ1v) is 5.48. The number of aliphatic hydroxyl groups excluding tert-OH is 1. The molecule has 0 unspecified atom stereocenters. The minimum Gasteiger partial charge on any atom is -0.515 e. The monoisotopic (exact) mass is 244 g/mol. The molecule has 0 fully saturated rings. The van der Waals surface area contributed by atoms with Gasteiger partial charge in [0.25, 0.3) is 0 Å². The Labute approximate surface area is 104 Å². The van der Waals surface area contributed by atoms with E-state index in [1.807, 2.05) is 6.07 Å². The smallest absolute Gasteiger partial charge is 0.341 e. The molecule has 18 heavy (non-hydrogen) atoms. The molecule has 0 aliphatic heterocycles. The Balaban J connectivity index is 2.43. The van der Waals surface area contributed by atoms with E-state index in [0.717, 1.165) is 17.0 Å². The first kappa shape index (κ1) is 12.0. The van der Waals surface area contributed by atoms with Gasteiger partial charge in [-0.25, -0.2) is 4.79 Å². The van der Waals surface area contributed by atoms with Gasteiger partial charge in [-0.3, -0.25) is 0 Å². The molecule has 0 aliphatic carbocycles. The van der Waals surface area contributed by atoms with Crippen molar-refractivity contribution in [2.24, 2.45) is 0 Å². The van der Waals surface area contributed by atoms with Crippen LogP contribution in [-0.4, -0.2) is 27.9 Å². The minimum atomic E-state index is -0.554. The highest BCUT2D eigenvalue weighted by Gasteiger charge is 2.13. The van der Waals surface area contributed by atoms with Crippen molar-refractivity contribution in [2.45, 2.75) is 6.92 Å². The SMILES string of the molecule is CCOC(=O)/C(=C\O)c1ccc2cnncc2c1. The van der Waals surface area contributed by atoms with Crippen LogP contribution >= 0.6 is 0 Å². The molecule has 0 atom stereocenters. The molecule has 2 rings (SSSR count). The van der Waals surface area contributed by atoms with Gasteiger partial charge < -0.3 is 9.84 Å². The summed E-state index contributed by atoms with van der Waals surface area (Å²) < 4.78 is 4.87. The van der Waals surface area contributed by atoms with E-state index in [2.05, 4.69) is 10.2 Å². The average molecular weight is 244 g/mol. The number of ether oxygens (including phenoxy) is 1. The second kappa shape index (κ2) is 5.27. The molecule has 1 N–H and O–H groups in total. The quantitative estimate of drug-likeness (QED) is 0.508. The molecule has 0 saturated carbocycles. The second-order valence-electron chi connectivity index (χ2n) is 3.60. The lowest BCUT2D eigenvalue weighted by Gasteiger charge is -2.06. The molecule has 5 nitrogen and oxygen atoms in total. The van der Waals surface area contributed by atoms with Crippen molar-refractivity contribution in [2.75, 3.05) is 6.61 Å². The van der Waals surface area contributed by atoms with Crippen molar-refractivity contribution in [1.29, 1.82) is 0 Å². The predicted molar refractivity (Wildman–Crippen MR) is 66.8 cm³/mol. The summed E-state index contributed by atoms with van der Waals surface area (Å²) in [6.07, 6.45) is 3.98. The number of hydrogen-bond donors (Lipinski definition) is 1. The van der Waals surface area contributed by atoms with Crippen LogP contribution in [0.1, 0.15) is 12.5 Å². The number of benzene rings is 1. The molecule has 92 valence electrons. The molecule has 1 aromatic heterocycles. The number of hydrogen-bond acceptors (Lipinski definition) is 5. The van der Waals surface area contributed by atoms with Crippen LogP contribution < -0.4 is 0 Å². The Morgan fingerprint density at radius 2 is 2.06 bits per heavy atom. The van der Waals surface area contributed by atoms with E-state index in [0.29, 0.717) is 5.56 Å². The standard InChI is InChI=1S/C13H12N2O3/c1-2-18-13(17)12(8-16)9-3-4-10-6-14-15-7-11(10)5-9/h3-8,16H,2H2,1H3/b12-8-. The Morgan fingerprint density at radius 3 is 2.72 bits per heavy atom. The highest BCUT2D eigenvalue weighted by atomic mass is 16.5. The maximum absolute atomic E-state index is 11.6. The number of fused-ring (bicyclic) bond motifs is 1. The van der Waals surface area contributed by atoms with Gasteiger partial charge in [0.2, 0.25) is 0 Å². The lowest BCUT2D eigenvalue weighted by atomic mass is 10.0. The molecule has 1 heterocycles. The highest BCUT2D eigenvalue weighted by Crippen LogP contribution is 2.20. The normalized spacial score (nSPS) is 11.5. The Hall–Kier alpha value is -2.43. The topological polar surface area (TPSA) is 72.3 Å². The molecule has 0 spiro atoms. The summed E-state index contributed by atoms with van der Waals surface area (Å²) in [5.41, 5.74) is 0.701. The van der Waals surface area contributed by atoms with E-state index in [4.69, 9.17) is 9.84 Å². The number of esters is 1. The third-order valence-electron chi connectivity index (χ3n) is 2.48. The molecule has 0 saturated heterocycles. The summed E-state index contributed by atoms with van der Waals surface area (Å²) in [6, 6.07) is 5.29. The van der Waals surface area contributed by atoms with Crippen LogP contribution in [0.5, 0.6) is 0 Å². The first-order valence-electron chi connectivity index (χ1n) is 5.48.